The lowest BCUT2D eigenvalue weighted by Crippen LogP contribution is -2.17. The minimum Gasteiger partial charge on any atom is -0.361 e. The number of para-hydroxylation sites is 1. The van der Waals surface area contributed by atoms with E-state index in [1.165, 1.54) is 0 Å². The van der Waals surface area contributed by atoms with E-state index >= 15 is 0 Å². The van der Waals surface area contributed by atoms with Crippen molar-refractivity contribution in [3.05, 3.63) is 84.1 Å². The lowest BCUT2D eigenvalue weighted by molar-refractivity contribution is 0.302. The highest BCUT2D eigenvalue weighted by Gasteiger charge is 2.15. The predicted molar refractivity (Wildman–Crippen MR) is 103 cm³/mol. The minimum atomic E-state index is 0.712. The van der Waals surface area contributed by atoms with E-state index < -0.39 is 0 Å². The van der Waals surface area contributed by atoms with Crippen LogP contribution in [0.3, 0.4) is 0 Å². The van der Waals surface area contributed by atoms with Crippen LogP contribution < -0.4 is 0 Å². The molecule has 3 aromatic heterocycles. The van der Waals surface area contributed by atoms with Crippen molar-refractivity contribution in [3.8, 4) is 16.9 Å². The average Bonchev–Trinajstić information content (AvgIpc) is 3.29. The fourth-order valence-corrected chi connectivity index (χ4v) is 3.11. The number of aryl methyl sites for hydroxylation is 1. The molecule has 3 heterocycles. The number of hydrogen-bond acceptors (Lipinski definition) is 5. The van der Waals surface area contributed by atoms with Gasteiger partial charge in [-0.3, -0.25) is 9.88 Å². The molecule has 0 radical (unpaired) electrons. The Morgan fingerprint density at radius 2 is 1.81 bits per heavy atom. The lowest BCUT2D eigenvalue weighted by Gasteiger charge is -2.14. The van der Waals surface area contributed by atoms with Gasteiger partial charge in [-0.2, -0.15) is 5.10 Å². The van der Waals surface area contributed by atoms with Gasteiger partial charge in [0.05, 0.1) is 17.1 Å². The van der Waals surface area contributed by atoms with Gasteiger partial charge in [0.25, 0.3) is 0 Å². The maximum atomic E-state index is 5.17. The summed E-state index contributed by atoms with van der Waals surface area (Å²) in [5, 5.41) is 8.93. The Bertz CT molecular complexity index is 1010. The third kappa shape index (κ3) is 3.96. The topological polar surface area (TPSA) is 60.0 Å². The van der Waals surface area contributed by atoms with Crippen LogP contribution in [-0.4, -0.2) is 31.9 Å². The number of pyridine rings is 1. The molecule has 6 nitrogen and oxygen atoms in total. The zero-order valence-electron chi connectivity index (χ0n) is 15.4. The van der Waals surface area contributed by atoms with Gasteiger partial charge in [-0.25, -0.2) is 4.68 Å². The number of hydrogen-bond donors (Lipinski definition) is 0. The monoisotopic (exact) mass is 359 g/mol. The van der Waals surface area contributed by atoms with Crippen molar-refractivity contribution in [3.63, 3.8) is 0 Å². The van der Waals surface area contributed by atoms with Crippen molar-refractivity contribution in [1.29, 1.82) is 0 Å². The summed E-state index contributed by atoms with van der Waals surface area (Å²) in [7, 11) is 2.07. The summed E-state index contributed by atoms with van der Waals surface area (Å²) in [6.45, 7) is 3.36. The van der Waals surface area contributed by atoms with Crippen LogP contribution in [0.15, 0.2) is 71.6 Å². The van der Waals surface area contributed by atoms with Gasteiger partial charge in [0.1, 0.15) is 5.76 Å². The van der Waals surface area contributed by atoms with Gasteiger partial charge in [0.2, 0.25) is 0 Å². The first-order valence-electron chi connectivity index (χ1n) is 8.84. The van der Waals surface area contributed by atoms with E-state index in [2.05, 4.69) is 40.4 Å². The molecule has 27 heavy (non-hydrogen) atoms. The molecule has 4 rings (SSSR count). The highest BCUT2D eigenvalue weighted by Crippen LogP contribution is 2.24. The molecule has 0 saturated carbocycles. The van der Waals surface area contributed by atoms with Crippen LogP contribution in [0.4, 0.5) is 0 Å². The molecule has 0 unspecified atom stereocenters. The highest BCUT2D eigenvalue weighted by molar-refractivity contribution is 5.62. The van der Waals surface area contributed by atoms with Gasteiger partial charge in [0.15, 0.2) is 0 Å². The van der Waals surface area contributed by atoms with Gasteiger partial charge in [-0.1, -0.05) is 23.4 Å². The molecule has 0 aliphatic rings. The molecule has 1 aromatic carbocycles. The highest BCUT2D eigenvalue weighted by atomic mass is 16.5. The molecular formula is C21H21N5O. The van der Waals surface area contributed by atoms with Gasteiger partial charge in [-0.05, 0) is 38.2 Å². The summed E-state index contributed by atoms with van der Waals surface area (Å²) >= 11 is 0. The van der Waals surface area contributed by atoms with E-state index in [1.807, 2.05) is 48.0 Å². The molecule has 4 aromatic rings. The van der Waals surface area contributed by atoms with Gasteiger partial charge in [0, 0.05) is 48.9 Å². The van der Waals surface area contributed by atoms with Crippen LogP contribution in [0, 0.1) is 6.92 Å². The Kier molecular flexibility index (Phi) is 4.80. The Morgan fingerprint density at radius 3 is 2.52 bits per heavy atom. The zero-order valence-corrected chi connectivity index (χ0v) is 15.4. The Morgan fingerprint density at radius 1 is 1.04 bits per heavy atom. The van der Waals surface area contributed by atoms with Crippen LogP contribution in [0.5, 0.6) is 0 Å². The summed E-state index contributed by atoms with van der Waals surface area (Å²) in [6.07, 6.45) is 5.68. The molecule has 6 heteroatoms. The number of aromatic nitrogens is 4. The second-order valence-electron chi connectivity index (χ2n) is 6.62. The smallest absolute Gasteiger partial charge is 0.133 e. The van der Waals surface area contributed by atoms with Gasteiger partial charge in [-0.15, -0.1) is 0 Å². The molecule has 0 saturated heterocycles. The van der Waals surface area contributed by atoms with Crippen LogP contribution in [0.2, 0.25) is 0 Å². The quantitative estimate of drug-likeness (QED) is 0.523. The number of nitrogens with zero attached hydrogens (tertiary/aromatic N) is 5. The van der Waals surface area contributed by atoms with E-state index in [0.717, 1.165) is 40.5 Å². The molecule has 0 spiro atoms. The first-order chi connectivity index (χ1) is 13.2. The normalized spacial score (nSPS) is 11.2. The van der Waals surface area contributed by atoms with E-state index in [-0.39, 0.29) is 0 Å². The molecule has 0 bridgehead atoms. The summed E-state index contributed by atoms with van der Waals surface area (Å²) in [4.78, 5) is 6.32. The van der Waals surface area contributed by atoms with Crippen LogP contribution >= 0.6 is 0 Å². The Hall–Kier alpha value is -3.25. The summed E-state index contributed by atoms with van der Waals surface area (Å²) in [5.41, 5.74) is 5.13. The van der Waals surface area contributed by atoms with Crippen molar-refractivity contribution in [2.24, 2.45) is 0 Å². The molecule has 0 fully saturated rings. The Labute approximate surface area is 158 Å². The first-order valence-corrected chi connectivity index (χ1v) is 8.84. The molecule has 0 aliphatic carbocycles. The number of benzene rings is 1. The van der Waals surface area contributed by atoms with Crippen LogP contribution in [0.25, 0.3) is 16.9 Å². The van der Waals surface area contributed by atoms with E-state index in [4.69, 9.17) is 9.62 Å². The maximum Gasteiger partial charge on any atom is 0.133 e. The number of rotatable bonds is 6. The van der Waals surface area contributed by atoms with E-state index in [9.17, 15) is 0 Å². The minimum absolute atomic E-state index is 0.712. The molecule has 0 atom stereocenters. The van der Waals surface area contributed by atoms with Crippen molar-refractivity contribution in [2.45, 2.75) is 20.0 Å². The Balaban J connectivity index is 1.64. The molecule has 136 valence electrons. The standard InChI is InChI=1S/C21H21N5O/c1-16-12-19(24-27-16)15-25(2)13-18-14-26(20-6-4-3-5-7-20)23-21(18)17-8-10-22-11-9-17/h3-12,14H,13,15H2,1-2H3. The molecule has 0 aliphatic heterocycles. The molecule has 0 amide bonds. The third-order valence-corrected chi connectivity index (χ3v) is 4.31. The zero-order chi connectivity index (χ0) is 18.6. The fraction of sp³-hybridized carbons (Fsp3) is 0.190. The fourth-order valence-electron chi connectivity index (χ4n) is 3.11. The largest absolute Gasteiger partial charge is 0.361 e. The van der Waals surface area contributed by atoms with Crippen molar-refractivity contribution >= 4 is 0 Å². The maximum absolute atomic E-state index is 5.17. The molecule has 0 N–H and O–H groups in total. The van der Waals surface area contributed by atoms with Gasteiger partial charge >= 0.3 is 0 Å². The van der Waals surface area contributed by atoms with E-state index in [0.29, 0.717) is 6.54 Å². The average molecular weight is 359 g/mol. The third-order valence-electron chi connectivity index (χ3n) is 4.31. The SMILES string of the molecule is Cc1cc(CN(C)Cc2cn(-c3ccccc3)nc2-c2ccncc2)no1. The second-order valence-corrected chi connectivity index (χ2v) is 6.62. The van der Waals surface area contributed by atoms with Crippen LogP contribution in [0.1, 0.15) is 17.0 Å². The first kappa shape index (κ1) is 17.2. The summed E-state index contributed by atoms with van der Waals surface area (Å²) in [5.74, 6) is 0.827. The lowest BCUT2D eigenvalue weighted by atomic mass is 10.1. The van der Waals surface area contributed by atoms with E-state index in [1.54, 1.807) is 12.4 Å². The summed E-state index contributed by atoms with van der Waals surface area (Å²) in [6, 6.07) is 16.1. The van der Waals surface area contributed by atoms with Gasteiger partial charge < -0.3 is 4.52 Å². The second kappa shape index (κ2) is 7.55. The van der Waals surface area contributed by atoms with Crippen LogP contribution in [-0.2, 0) is 13.1 Å². The van der Waals surface area contributed by atoms with Crippen molar-refractivity contribution < 1.29 is 4.52 Å². The van der Waals surface area contributed by atoms with Crippen molar-refractivity contribution in [1.82, 2.24) is 24.8 Å². The predicted octanol–water partition coefficient (Wildman–Crippen LogP) is 3.86. The summed E-state index contributed by atoms with van der Waals surface area (Å²) < 4.78 is 7.10. The molecular weight excluding hydrogens is 338 g/mol. The van der Waals surface area contributed by atoms with Crippen molar-refractivity contribution in [2.75, 3.05) is 7.05 Å².